The second-order valence-corrected chi connectivity index (χ2v) is 9.93. The number of benzene rings is 3. The molecule has 36 heavy (non-hydrogen) atoms. The minimum Gasteiger partial charge on any atom is -0.455 e. The molecule has 4 rings (SSSR count). The Kier molecular flexibility index (Phi) is 7.21. The van der Waals surface area contributed by atoms with E-state index in [1.165, 1.54) is 6.33 Å². The smallest absolute Gasteiger partial charge is 0.412 e. The fourth-order valence-corrected chi connectivity index (χ4v) is 3.85. The van der Waals surface area contributed by atoms with Crippen LogP contribution in [0.15, 0.2) is 71.5 Å². The van der Waals surface area contributed by atoms with Crippen molar-refractivity contribution in [3.8, 4) is 11.5 Å². The van der Waals surface area contributed by atoms with E-state index in [-0.39, 0.29) is 5.91 Å². The molecule has 4 aromatic rings. The molecule has 0 aliphatic rings. The summed E-state index contributed by atoms with van der Waals surface area (Å²) in [5.74, 6) is 0.787. The Labute approximate surface area is 217 Å². The van der Waals surface area contributed by atoms with Gasteiger partial charge in [-0.2, -0.15) is 0 Å². The van der Waals surface area contributed by atoms with Crippen LogP contribution in [0.25, 0.3) is 10.9 Å². The Morgan fingerprint density at radius 2 is 1.58 bits per heavy atom. The van der Waals surface area contributed by atoms with Crippen molar-refractivity contribution in [2.45, 2.75) is 33.3 Å². The first-order valence-electron chi connectivity index (χ1n) is 11.2. The Morgan fingerprint density at radius 3 is 2.25 bits per heavy atom. The van der Waals surface area contributed by atoms with E-state index in [1.54, 1.807) is 69.3 Å². The largest absolute Gasteiger partial charge is 0.455 e. The molecule has 0 fully saturated rings. The van der Waals surface area contributed by atoms with Crippen molar-refractivity contribution in [2.24, 2.45) is 0 Å². The summed E-state index contributed by atoms with van der Waals surface area (Å²) in [4.78, 5) is 33.7. The van der Waals surface area contributed by atoms with Crippen LogP contribution in [0.3, 0.4) is 0 Å². The van der Waals surface area contributed by atoms with Crippen molar-refractivity contribution in [3.05, 3.63) is 82.7 Å². The maximum absolute atomic E-state index is 12.9. The SMILES string of the molecule is Cc1ncnc2c(Oc3ccc(C(=O)Nc4ccccc4NC(=O)OC(C)(C)C)cc3)cc(Br)cc12. The second-order valence-electron chi connectivity index (χ2n) is 9.01. The van der Waals surface area contributed by atoms with Crippen LogP contribution >= 0.6 is 15.9 Å². The average molecular weight is 549 g/mol. The van der Waals surface area contributed by atoms with Gasteiger partial charge in [0, 0.05) is 21.1 Å². The van der Waals surface area contributed by atoms with E-state index in [2.05, 4.69) is 36.5 Å². The molecule has 3 aromatic carbocycles. The lowest BCUT2D eigenvalue weighted by atomic mass is 10.1. The van der Waals surface area contributed by atoms with Crippen LogP contribution in [0.5, 0.6) is 11.5 Å². The zero-order valence-electron chi connectivity index (χ0n) is 20.3. The van der Waals surface area contributed by atoms with Crippen LogP contribution in [-0.2, 0) is 4.74 Å². The molecule has 0 radical (unpaired) electrons. The van der Waals surface area contributed by atoms with Crippen molar-refractivity contribution in [1.82, 2.24) is 9.97 Å². The first-order chi connectivity index (χ1) is 17.1. The molecule has 1 aromatic heterocycles. The Balaban J connectivity index is 1.48. The fraction of sp³-hybridized carbons (Fsp3) is 0.185. The van der Waals surface area contributed by atoms with E-state index in [1.807, 2.05) is 19.1 Å². The van der Waals surface area contributed by atoms with E-state index in [0.717, 1.165) is 15.6 Å². The molecule has 0 saturated heterocycles. The summed E-state index contributed by atoms with van der Waals surface area (Å²) in [6, 6.07) is 17.4. The number of aryl methyl sites for hydroxylation is 1. The minimum atomic E-state index is -0.639. The summed E-state index contributed by atoms with van der Waals surface area (Å²) in [6.07, 6.45) is 0.896. The van der Waals surface area contributed by atoms with Gasteiger partial charge < -0.3 is 14.8 Å². The van der Waals surface area contributed by atoms with E-state index in [0.29, 0.717) is 34.0 Å². The third kappa shape index (κ3) is 6.17. The molecule has 8 nitrogen and oxygen atoms in total. The van der Waals surface area contributed by atoms with Gasteiger partial charge in [-0.15, -0.1) is 0 Å². The summed E-state index contributed by atoms with van der Waals surface area (Å²) < 4.78 is 12.2. The standard InChI is InChI=1S/C27H25BrN4O4/c1-16-20-13-18(28)14-23(24(20)30-15-29-16)35-19-11-9-17(10-12-19)25(33)31-21-7-5-6-8-22(21)32-26(34)36-27(2,3)4/h5-15H,1-4H3,(H,31,33)(H,32,34). The highest BCUT2D eigenvalue weighted by Crippen LogP contribution is 2.33. The molecule has 9 heteroatoms. The number of carbonyl (C=O) groups excluding carboxylic acids is 2. The lowest BCUT2D eigenvalue weighted by Crippen LogP contribution is -2.27. The highest BCUT2D eigenvalue weighted by molar-refractivity contribution is 9.10. The third-order valence-corrected chi connectivity index (χ3v) is 5.48. The number of nitrogens with one attached hydrogen (secondary N) is 2. The second kappa shape index (κ2) is 10.3. The predicted molar refractivity (Wildman–Crippen MR) is 143 cm³/mol. The number of carbonyl (C=O) groups is 2. The molecule has 0 bridgehead atoms. The van der Waals surface area contributed by atoms with Crippen molar-refractivity contribution < 1.29 is 19.1 Å². The van der Waals surface area contributed by atoms with E-state index in [4.69, 9.17) is 9.47 Å². The van der Waals surface area contributed by atoms with E-state index in [9.17, 15) is 9.59 Å². The topological polar surface area (TPSA) is 102 Å². The maximum atomic E-state index is 12.9. The quantitative estimate of drug-likeness (QED) is 0.276. The van der Waals surface area contributed by atoms with Gasteiger partial charge in [-0.25, -0.2) is 14.8 Å². The molecular formula is C27H25BrN4O4. The summed E-state index contributed by atoms with van der Waals surface area (Å²) >= 11 is 3.51. The Morgan fingerprint density at radius 1 is 0.917 bits per heavy atom. The number of halogens is 1. The molecule has 184 valence electrons. The molecule has 0 saturated carbocycles. The number of hydrogen-bond donors (Lipinski definition) is 2. The third-order valence-electron chi connectivity index (χ3n) is 5.02. The summed E-state index contributed by atoms with van der Waals surface area (Å²) in [6.45, 7) is 7.25. The minimum absolute atomic E-state index is 0.337. The molecule has 0 spiro atoms. The first kappa shape index (κ1) is 25.1. The number of anilines is 2. The van der Waals surface area contributed by atoms with Gasteiger partial charge >= 0.3 is 6.09 Å². The van der Waals surface area contributed by atoms with Gasteiger partial charge in [-0.05, 0) is 76.2 Å². The number of aromatic nitrogens is 2. The monoisotopic (exact) mass is 548 g/mol. The molecule has 0 atom stereocenters. The Hall–Kier alpha value is -3.98. The van der Waals surface area contributed by atoms with Crippen LogP contribution in [-0.4, -0.2) is 27.6 Å². The molecule has 2 N–H and O–H groups in total. The normalized spacial score (nSPS) is 11.1. The lowest BCUT2D eigenvalue weighted by molar-refractivity contribution is 0.0635. The average Bonchev–Trinajstić information content (AvgIpc) is 2.80. The van der Waals surface area contributed by atoms with Gasteiger partial charge in [0.15, 0.2) is 5.75 Å². The van der Waals surface area contributed by atoms with Gasteiger partial charge in [-0.3, -0.25) is 10.1 Å². The van der Waals surface area contributed by atoms with Crippen molar-refractivity contribution in [1.29, 1.82) is 0 Å². The van der Waals surface area contributed by atoms with Crippen molar-refractivity contribution in [2.75, 3.05) is 10.6 Å². The summed E-state index contributed by atoms with van der Waals surface area (Å²) in [7, 11) is 0. The number of rotatable bonds is 5. The van der Waals surface area contributed by atoms with Crippen LogP contribution < -0.4 is 15.4 Å². The molecular weight excluding hydrogens is 524 g/mol. The molecule has 2 amide bonds. The fourth-order valence-electron chi connectivity index (χ4n) is 3.41. The zero-order valence-corrected chi connectivity index (χ0v) is 21.8. The lowest BCUT2D eigenvalue weighted by Gasteiger charge is -2.20. The van der Waals surface area contributed by atoms with E-state index < -0.39 is 11.7 Å². The highest BCUT2D eigenvalue weighted by atomic mass is 79.9. The van der Waals surface area contributed by atoms with Crippen molar-refractivity contribution >= 4 is 50.2 Å². The number of ether oxygens (including phenoxy) is 2. The maximum Gasteiger partial charge on any atom is 0.412 e. The highest BCUT2D eigenvalue weighted by Gasteiger charge is 2.18. The van der Waals surface area contributed by atoms with Crippen LogP contribution in [0.1, 0.15) is 36.8 Å². The van der Waals surface area contributed by atoms with Crippen LogP contribution in [0.4, 0.5) is 16.2 Å². The number of amides is 2. The molecule has 0 aliphatic heterocycles. The number of nitrogens with zero attached hydrogens (tertiary/aromatic N) is 2. The Bertz CT molecular complexity index is 1430. The molecule has 0 unspecified atom stereocenters. The molecule has 1 heterocycles. The zero-order chi connectivity index (χ0) is 25.9. The van der Waals surface area contributed by atoms with Gasteiger partial charge in [0.1, 0.15) is 23.2 Å². The van der Waals surface area contributed by atoms with E-state index >= 15 is 0 Å². The number of para-hydroxylation sites is 2. The van der Waals surface area contributed by atoms with Gasteiger partial charge in [-0.1, -0.05) is 28.1 Å². The first-order valence-corrected chi connectivity index (χ1v) is 12.0. The predicted octanol–water partition coefficient (Wildman–Crippen LogP) is 7.09. The van der Waals surface area contributed by atoms with Crippen LogP contribution in [0, 0.1) is 6.92 Å². The van der Waals surface area contributed by atoms with Crippen molar-refractivity contribution in [3.63, 3.8) is 0 Å². The van der Waals surface area contributed by atoms with Gasteiger partial charge in [0.05, 0.1) is 11.4 Å². The molecule has 0 aliphatic carbocycles. The van der Waals surface area contributed by atoms with Crippen LogP contribution in [0.2, 0.25) is 0 Å². The number of hydrogen-bond acceptors (Lipinski definition) is 6. The number of fused-ring (bicyclic) bond motifs is 1. The summed E-state index contributed by atoms with van der Waals surface area (Å²) in [5.41, 5.74) is 2.20. The van der Waals surface area contributed by atoms with Gasteiger partial charge in [0.2, 0.25) is 0 Å². The van der Waals surface area contributed by atoms with Gasteiger partial charge in [0.25, 0.3) is 5.91 Å². The summed E-state index contributed by atoms with van der Waals surface area (Å²) in [5, 5.41) is 6.39.